The van der Waals surface area contributed by atoms with Gasteiger partial charge in [-0.15, -0.1) is 0 Å². The minimum absolute atomic E-state index is 0.301. The molecule has 0 aliphatic heterocycles. The minimum atomic E-state index is 0.301. The molecular formula is C22H30N4O2. The summed E-state index contributed by atoms with van der Waals surface area (Å²) in [6.45, 7) is 3.30. The molecule has 0 saturated heterocycles. The lowest BCUT2D eigenvalue weighted by Crippen LogP contribution is -2.36. The predicted molar refractivity (Wildman–Crippen MR) is 112 cm³/mol. The third kappa shape index (κ3) is 5.38. The first-order valence-electron chi connectivity index (χ1n) is 9.88. The quantitative estimate of drug-likeness (QED) is 0.566. The Bertz CT molecular complexity index is 801. The van der Waals surface area contributed by atoms with Crippen molar-refractivity contribution in [3.63, 3.8) is 0 Å². The minimum Gasteiger partial charge on any atom is -0.497 e. The summed E-state index contributed by atoms with van der Waals surface area (Å²) in [5.74, 6) is 2.42. The number of ether oxygens (including phenoxy) is 2. The van der Waals surface area contributed by atoms with Gasteiger partial charge in [-0.3, -0.25) is 9.98 Å². The Hall–Kier alpha value is -2.76. The number of aromatic nitrogens is 1. The molecule has 1 aromatic heterocycles. The van der Waals surface area contributed by atoms with Crippen LogP contribution < -0.4 is 20.1 Å². The molecule has 2 aromatic rings. The second-order valence-corrected chi connectivity index (χ2v) is 7.04. The van der Waals surface area contributed by atoms with Crippen LogP contribution >= 0.6 is 0 Å². The molecule has 150 valence electrons. The van der Waals surface area contributed by atoms with Gasteiger partial charge in [-0.05, 0) is 56.4 Å². The highest BCUT2D eigenvalue weighted by molar-refractivity contribution is 5.79. The average molecular weight is 383 g/mol. The van der Waals surface area contributed by atoms with Crippen molar-refractivity contribution >= 4 is 5.96 Å². The Kier molecular flexibility index (Phi) is 7.12. The molecule has 1 fully saturated rings. The van der Waals surface area contributed by atoms with Crippen LogP contribution in [0.15, 0.2) is 41.5 Å². The van der Waals surface area contributed by atoms with E-state index in [0.717, 1.165) is 47.1 Å². The number of rotatable bonds is 7. The van der Waals surface area contributed by atoms with Gasteiger partial charge in [0.25, 0.3) is 0 Å². The smallest absolute Gasteiger partial charge is 0.191 e. The number of aliphatic imine (C=N–C) groups is 1. The first-order valence-corrected chi connectivity index (χ1v) is 9.88. The van der Waals surface area contributed by atoms with E-state index in [1.165, 1.54) is 12.8 Å². The van der Waals surface area contributed by atoms with Crippen LogP contribution in [0.3, 0.4) is 0 Å². The van der Waals surface area contributed by atoms with E-state index in [0.29, 0.717) is 19.2 Å². The van der Waals surface area contributed by atoms with E-state index in [1.54, 1.807) is 14.2 Å². The number of methoxy groups -OCH3 is 1. The summed E-state index contributed by atoms with van der Waals surface area (Å²) in [6, 6.07) is 9.99. The second-order valence-electron chi connectivity index (χ2n) is 7.04. The highest BCUT2D eigenvalue weighted by Gasteiger charge is 2.18. The van der Waals surface area contributed by atoms with Crippen molar-refractivity contribution < 1.29 is 9.47 Å². The van der Waals surface area contributed by atoms with Crippen molar-refractivity contribution in [3.8, 4) is 11.5 Å². The summed E-state index contributed by atoms with van der Waals surface area (Å²) in [7, 11) is 3.45. The molecule has 0 atom stereocenters. The molecular weight excluding hydrogens is 352 g/mol. The highest BCUT2D eigenvalue weighted by Crippen LogP contribution is 2.29. The van der Waals surface area contributed by atoms with Crippen LogP contribution in [-0.2, 0) is 13.1 Å². The van der Waals surface area contributed by atoms with E-state index in [9.17, 15) is 0 Å². The van der Waals surface area contributed by atoms with Crippen molar-refractivity contribution in [3.05, 3.63) is 53.3 Å². The van der Waals surface area contributed by atoms with Gasteiger partial charge in [-0.25, -0.2) is 0 Å². The summed E-state index contributed by atoms with van der Waals surface area (Å²) in [5.41, 5.74) is 3.26. The van der Waals surface area contributed by atoms with Gasteiger partial charge < -0.3 is 20.1 Å². The van der Waals surface area contributed by atoms with E-state index in [2.05, 4.69) is 33.6 Å². The van der Waals surface area contributed by atoms with Crippen LogP contribution in [0.1, 0.15) is 42.5 Å². The molecule has 0 radical (unpaired) electrons. The van der Waals surface area contributed by atoms with Crippen LogP contribution in [0.2, 0.25) is 0 Å². The third-order valence-corrected chi connectivity index (χ3v) is 5.08. The number of guanidine groups is 1. The van der Waals surface area contributed by atoms with Crippen LogP contribution in [-0.4, -0.2) is 31.2 Å². The molecule has 3 rings (SSSR count). The molecule has 1 aliphatic carbocycles. The van der Waals surface area contributed by atoms with Crippen LogP contribution in [0.25, 0.3) is 0 Å². The zero-order valence-electron chi connectivity index (χ0n) is 17.0. The lowest BCUT2D eigenvalue weighted by atomic mass is 10.2. The summed E-state index contributed by atoms with van der Waals surface area (Å²) in [6.07, 6.45) is 6.84. The van der Waals surface area contributed by atoms with Crippen LogP contribution in [0, 0.1) is 6.92 Å². The van der Waals surface area contributed by atoms with Gasteiger partial charge in [0.05, 0.1) is 25.5 Å². The van der Waals surface area contributed by atoms with Crippen molar-refractivity contribution in [2.24, 2.45) is 4.99 Å². The number of benzene rings is 1. The van der Waals surface area contributed by atoms with Crippen molar-refractivity contribution in [1.29, 1.82) is 0 Å². The molecule has 0 bridgehead atoms. The summed E-state index contributed by atoms with van der Waals surface area (Å²) in [4.78, 5) is 8.73. The number of aryl methyl sites for hydroxylation is 1. The lowest BCUT2D eigenvalue weighted by Gasteiger charge is -2.19. The van der Waals surface area contributed by atoms with Gasteiger partial charge in [0.1, 0.15) is 11.5 Å². The maximum absolute atomic E-state index is 6.27. The molecule has 2 N–H and O–H groups in total. The number of nitrogens with one attached hydrogen (secondary N) is 2. The Balaban J connectivity index is 1.62. The molecule has 0 unspecified atom stereocenters. The first-order chi connectivity index (χ1) is 13.7. The average Bonchev–Trinajstić information content (AvgIpc) is 3.23. The van der Waals surface area contributed by atoms with Gasteiger partial charge >= 0.3 is 0 Å². The number of pyridine rings is 1. The second kappa shape index (κ2) is 9.97. The first kappa shape index (κ1) is 20.0. The Morgan fingerprint density at radius 2 is 1.96 bits per heavy atom. The molecule has 6 heteroatoms. The Labute approximate surface area is 167 Å². The standard InChI is InChI=1S/C22H30N4O2/c1-16-7-6-12-24-20(16)15-26-22(23-2)25-14-17-10-11-19(27-3)13-21(17)28-18-8-4-5-9-18/h6-7,10-13,18H,4-5,8-9,14-15H2,1-3H3,(H2,23,25,26). The van der Waals surface area contributed by atoms with Gasteiger partial charge in [0, 0.05) is 31.4 Å². The number of hydrogen-bond donors (Lipinski definition) is 2. The van der Waals surface area contributed by atoms with Gasteiger partial charge in [0.2, 0.25) is 0 Å². The zero-order chi connectivity index (χ0) is 19.8. The summed E-state index contributed by atoms with van der Waals surface area (Å²) >= 11 is 0. The SMILES string of the molecule is CN=C(NCc1ccc(OC)cc1OC1CCCC1)NCc1ncccc1C. The van der Waals surface area contributed by atoms with Crippen LogP contribution in [0.4, 0.5) is 0 Å². The highest BCUT2D eigenvalue weighted by atomic mass is 16.5. The van der Waals surface area contributed by atoms with E-state index in [4.69, 9.17) is 9.47 Å². The molecule has 28 heavy (non-hydrogen) atoms. The van der Waals surface area contributed by atoms with Crippen molar-refractivity contribution in [2.45, 2.75) is 51.8 Å². The summed E-state index contributed by atoms with van der Waals surface area (Å²) in [5, 5.41) is 6.69. The number of nitrogens with zero attached hydrogens (tertiary/aromatic N) is 2. The van der Waals surface area contributed by atoms with E-state index in [1.807, 2.05) is 30.5 Å². The Morgan fingerprint density at radius 1 is 1.18 bits per heavy atom. The molecule has 1 aliphatic rings. The van der Waals surface area contributed by atoms with E-state index < -0.39 is 0 Å². The molecule has 1 saturated carbocycles. The third-order valence-electron chi connectivity index (χ3n) is 5.08. The fourth-order valence-corrected chi connectivity index (χ4v) is 3.37. The van der Waals surface area contributed by atoms with Gasteiger partial charge in [0.15, 0.2) is 5.96 Å². The maximum atomic E-state index is 6.27. The predicted octanol–water partition coefficient (Wildman–Crippen LogP) is 3.59. The van der Waals surface area contributed by atoms with E-state index in [-0.39, 0.29) is 0 Å². The monoisotopic (exact) mass is 382 g/mol. The largest absolute Gasteiger partial charge is 0.497 e. The fourth-order valence-electron chi connectivity index (χ4n) is 3.37. The summed E-state index contributed by atoms with van der Waals surface area (Å²) < 4.78 is 11.6. The Morgan fingerprint density at radius 3 is 2.68 bits per heavy atom. The lowest BCUT2D eigenvalue weighted by molar-refractivity contribution is 0.207. The molecule has 1 aromatic carbocycles. The number of hydrogen-bond acceptors (Lipinski definition) is 4. The maximum Gasteiger partial charge on any atom is 0.191 e. The topological polar surface area (TPSA) is 67.8 Å². The molecule has 0 amide bonds. The van der Waals surface area contributed by atoms with Crippen molar-refractivity contribution in [2.75, 3.05) is 14.2 Å². The fraction of sp³-hybridized carbons (Fsp3) is 0.455. The van der Waals surface area contributed by atoms with Crippen molar-refractivity contribution in [1.82, 2.24) is 15.6 Å². The van der Waals surface area contributed by atoms with Crippen LogP contribution in [0.5, 0.6) is 11.5 Å². The molecule has 1 heterocycles. The normalized spacial score (nSPS) is 14.8. The molecule has 6 nitrogen and oxygen atoms in total. The zero-order valence-corrected chi connectivity index (χ0v) is 17.0. The van der Waals surface area contributed by atoms with Gasteiger partial charge in [-0.1, -0.05) is 6.07 Å². The van der Waals surface area contributed by atoms with E-state index >= 15 is 0 Å². The van der Waals surface area contributed by atoms with Gasteiger partial charge in [-0.2, -0.15) is 0 Å². The molecule has 0 spiro atoms.